The van der Waals surface area contributed by atoms with Gasteiger partial charge in [-0.25, -0.2) is 9.48 Å². The Kier molecular flexibility index (Phi) is 5.77. The molecule has 0 saturated carbocycles. The Bertz CT molecular complexity index is 537. The first-order valence-corrected chi connectivity index (χ1v) is 8.02. The number of aromatic nitrogens is 3. The standard InChI is InChI=1S/C15H27N3O4/c1-5-17-14(13-11(4)6-7-21-13)16-18(15(17)20)8-12(19)9-22-10(2)3/h10-13,19H,5-9H2,1-4H3/t11-,12-,13+/m1/s1. The van der Waals surface area contributed by atoms with Crippen LogP contribution in [-0.4, -0.2) is 44.9 Å². The highest BCUT2D eigenvalue weighted by Crippen LogP contribution is 2.32. The summed E-state index contributed by atoms with van der Waals surface area (Å²) < 4.78 is 14.0. The molecule has 3 atom stereocenters. The molecule has 2 heterocycles. The van der Waals surface area contributed by atoms with Crippen LogP contribution in [0.25, 0.3) is 0 Å². The van der Waals surface area contributed by atoms with Crippen molar-refractivity contribution in [3.63, 3.8) is 0 Å². The molecule has 7 nitrogen and oxygen atoms in total. The number of aliphatic hydroxyl groups excluding tert-OH is 1. The van der Waals surface area contributed by atoms with E-state index in [1.165, 1.54) is 4.68 Å². The molecule has 126 valence electrons. The third-order valence-corrected chi connectivity index (χ3v) is 3.92. The molecule has 1 aliphatic heterocycles. The summed E-state index contributed by atoms with van der Waals surface area (Å²) >= 11 is 0. The highest BCUT2D eigenvalue weighted by atomic mass is 16.5. The van der Waals surface area contributed by atoms with Crippen molar-refractivity contribution >= 4 is 0 Å². The van der Waals surface area contributed by atoms with Crippen LogP contribution in [-0.2, 0) is 22.6 Å². The van der Waals surface area contributed by atoms with E-state index in [9.17, 15) is 9.90 Å². The van der Waals surface area contributed by atoms with E-state index in [1.807, 2.05) is 20.8 Å². The molecule has 0 aliphatic carbocycles. The average Bonchev–Trinajstić information content (AvgIpc) is 3.01. The lowest BCUT2D eigenvalue weighted by molar-refractivity contribution is -0.00263. The van der Waals surface area contributed by atoms with E-state index in [-0.39, 0.29) is 31.0 Å². The topological polar surface area (TPSA) is 78.5 Å². The number of ether oxygens (including phenoxy) is 2. The summed E-state index contributed by atoms with van der Waals surface area (Å²) in [5.74, 6) is 1.00. The van der Waals surface area contributed by atoms with Gasteiger partial charge in [0.25, 0.3) is 0 Å². The molecule has 1 aromatic heterocycles. The zero-order valence-corrected chi connectivity index (χ0v) is 13.9. The summed E-state index contributed by atoms with van der Waals surface area (Å²) in [7, 11) is 0. The first-order valence-electron chi connectivity index (χ1n) is 8.02. The number of rotatable bonds is 7. The first kappa shape index (κ1) is 17.2. The van der Waals surface area contributed by atoms with Gasteiger partial charge in [-0.3, -0.25) is 4.57 Å². The molecular weight excluding hydrogens is 286 g/mol. The summed E-state index contributed by atoms with van der Waals surface area (Å²) in [6.45, 7) is 9.38. The number of hydrogen-bond donors (Lipinski definition) is 1. The molecule has 1 saturated heterocycles. The fourth-order valence-electron chi connectivity index (χ4n) is 2.67. The predicted molar refractivity (Wildman–Crippen MR) is 81.7 cm³/mol. The van der Waals surface area contributed by atoms with Crippen molar-refractivity contribution in [3.8, 4) is 0 Å². The molecule has 2 rings (SSSR count). The second kappa shape index (κ2) is 7.39. The molecule has 1 aliphatic rings. The van der Waals surface area contributed by atoms with E-state index in [1.54, 1.807) is 4.57 Å². The van der Waals surface area contributed by atoms with E-state index >= 15 is 0 Å². The van der Waals surface area contributed by atoms with Crippen LogP contribution in [0.5, 0.6) is 0 Å². The highest BCUT2D eigenvalue weighted by molar-refractivity contribution is 4.97. The van der Waals surface area contributed by atoms with Crippen LogP contribution in [0.3, 0.4) is 0 Å². The maximum absolute atomic E-state index is 12.4. The van der Waals surface area contributed by atoms with E-state index < -0.39 is 6.10 Å². The number of hydrogen-bond acceptors (Lipinski definition) is 5. The Hall–Kier alpha value is -1.18. The molecule has 0 aromatic carbocycles. The second-order valence-electron chi connectivity index (χ2n) is 6.16. The molecule has 0 amide bonds. The van der Waals surface area contributed by atoms with E-state index in [0.717, 1.165) is 6.42 Å². The van der Waals surface area contributed by atoms with E-state index in [2.05, 4.69) is 12.0 Å². The SMILES string of the molecule is CCn1c([C@H]2OCC[C@H]2C)nn(C[C@@H](O)COC(C)C)c1=O. The Balaban J connectivity index is 2.15. The fourth-order valence-corrected chi connectivity index (χ4v) is 2.67. The predicted octanol–water partition coefficient (Wildman–Crippen LogP) is 0.948. The smallest absolute Gasteiger partial charge is 0.346 e. The fraction of sp³-hybridized carbons (Fsp3) is 0.867. The molecule has 1 aromatic rings. The summed E-state index contributed by atoms with van der Waals surface area (Å²) in [6.07, 6.45) is 0.121. The molecule has 1 fully saturated rings. The van der Waals surface area contributed by atoms with Crippen LogP contribution in [0, 0.1) is 5.92 Å². The van der Waals surface area contributed by atoms with Gasteiger partial charge < -0.3 is 14.6 Å². The molecule has 0 spiro atoms. The lowest BCUT2D eigenvalue weighted by Crippen LogP contribution is -2.32. The van der Waals surface area contributed by atoms with Crippen LogP contribution in [0.15, 0.2) is 4.79 Å². The average molecular weight is 313 g/mol. The van der Waals surface area contributed by atoms with Crippen molar-refractivity contribution in [1.82, 2.24) is 14.3 Å². The van der Waals surface area contributed by atoms with Gasteiger partial charge in [-0.2, -0.15) is 5.10 Å². The molecule has 7 heteroatoms. The summed E-state index contributed by atoms with van der Waals surface area (Å²) in [5, 5.41) is 14.4. The summed E-state index contributed by atoms with van der Waals surface area (Å²) in [4.78, 5) is 12.4. The zero-order chi connectivity index (χ0) is 16.3. The number of nitrogens with zero attached hydrogens (tertiary/aromatic N) is 3. The minimum absolute atomic E-state index is 0.0443. The lowest BCUT2D eigenvalue weighted by Gasteiger charge is -2.14. The zero-order valence-electron chi connectivity index (χ0n) is 13.9. The Morgan fingerprint density at radius 2 is 2.23 bits per heavy atom. The monoisotopic (exact) mass is 313 g/mol. The third kappa shape index (κ3) is 3.77. The van der Waals surface area contributed by atoms with Crippen LogP contribution >= 0.6 is 0 Å². The molecule has 0 unspecified atom stereocenters. The Labute approximate surface area is 130 Å². The van der Waals surface area contributed by atoms with Gasteiger partial charge in [0.05, 0.1) is 25.4 Å². The number of aliphatic hydroxyl groups is 1. The van der Waals surface area contributed by atoms with Gasteiger partial charge in [0.1, 0.15) is 6.10 Å². The molecule has 0 radical (unpaired) electrons. The van der Waals surface area contributed by atoms with Crippen LogP contribution in [0.2, 0.25) is 0 Å². The molecule has 22 heavy (non-hydrogen) atoms. The third-order valence-electron chi connectivity index (χ3n) is 3.92. The quantitative estimate of drug-likeness (QED) is 0.811. The van der Waals surface area contributed by atoms with Gasteiger partial charge in [0, 0.05) is 13.2 Å². The molecule has 0 bridgehead atoms. The van der Waals surface area contributed by atoms with E-state index in [4.69, 9.17) is 9.47 Å². The summed E-state index contributed by atoms with van der Waals surface area (Å²) in [6, 6.07) is 0. The van der Waals surface area contributed by atoms with Crippen molar-refractivity contribution in [3.05, 3.63) is 16.3 Å². The minimum Gasteiger partial charge on any atom is -0.389 e. The molecular formula is C15H27N3O4. The maximum atomic E-state index is 12.4. The van der Waals surface area contributed by atoms with Crippen LogP contribution in [0.1, 0.15) is 46.0 Å². The van der Waals surface area contributed by atoms with Gasteiger partial charge in [0.2, 0.25) is 0 Å². The Morgan fingerprint density at radius 3 is 2.77 bits per heavy atom. The normalized spacial score (nSPS) is 23.4. The highest BCUT2D eigenvalue weighted by Gasteiger charge is 2.31. The van der Waals surface area contributed by atoms with Gasteiger partial charge in [-0.15, -0.1) is 0 Å². The van der Waals surface area contributed by atoms with Crippen molar-refractivity contribution < 1.29 is 14.6 Å². The van der Waals surface area contributed by atoms with Gasteiger partial charge in [0.15, 0.2) is 5.82 Å². The maximum Gasteiger partial charge on any atom is 0.346 e. The lowest BCUT2D eigenvalue weighted by atomic mass is 10.0. The van der Waals surface area contributed by atoms with Crippen molar-refractivity contribution in [2.75, 3.05) is 13.2 Å². The largest absolute Gasteiger partial charge is 0.389 e. The minimum atomic E-state index is -0.755. The first-order chi connectivity index (χ1) is 10.4. The second-order valence-corrected chi connectivity index (χ2v) is 6.16. The van der Waals surface area contributed by atoms with Gasteiger partial charge >= 0.3 is 5.69 Å². The van der Waals surface area contributed by atoms with Gasteiger partial charge in [-0.1, -0.05) is 6.92 Å². The Morgan fingerprint density at radius 1 is 1.50 bits per heavy atom. The van der Waals surface area contributed by atoms with Crippen molar-refractivity contribution in [2.24, 2.45) is 5.92 Å². The van der Waals surface area contributed by atoms with Gasteiger partial charge in [-0.05, 0) is 33.1 Å². The van der Waals surface area contributed by atoms with E-state index in [0.29, 0.717) is 24.9 Å². The van der Waals surface area contributed by atoms with Crippen molar-refractivity contribution in [2.45, 2.75) is 65.5 Å². The van der Waals surface area contributed by atoms with Crippen LogP contribution < -0.4 is 5.69 Å². The summed E-state index contributed by atoms with van der Waals surface area (Å²) in [5.41, 5.74) is -0.205. The molecule has 1 N–H and O–H groups in total. The van der Waals surface area contributed by atoms with Crippen molar-refractivity contribution in [1.29, 1.82) is 0 Å². The van der Waals surface area contributed by atoms with Crippen LogP contribution in [0.4, 0.5) is 0 Å².